The Morgan fingerprint density at radius 1 is 1.20 bits per heavy atom. The number of hydrogen-bond acceptors (Lipinski definition) is 6. The van der Waals surface area contributed by atoms with E-state index in [9.17, 15) is 0 Å². The molecule has 3 aromatic rings. The number of fused-ring (bicyclic) bond motifs is 3. The van der Waals surface area contributed by atoms with Gasteiger partial charge in [0.25, 0.3) is 0 Å². The summed E-state index contributed by atoms with van der Waals surface area (Å²) in [7, 11) is 1.63. The summed E-state index contributed by atoms with van der Waals surface area (Å²) >= 11 is 0. The second kappa shape index (κ2) is 6.01. The van der Waals surface area contributed by atoms with Gasteiger partial charge in [-0.25, -0.2) is 9.98 Å². The fourth-order valence-corrected chi connectivity index (χ4v) is 3.15. The van der Waals surface area contributed by atoms with Crippen molar-refractivity contribution in [2.24, 2.45) is 10.7 Å². The Hall–Kier alpha value is -3.22. The van der Waals surface area contributed by atoms with E-state index in [-0.39, 0.29) is 6.17 Å². The van der Waals surface area contributed by atoms with Crippen molar-refractivity contribution >= 4 is 22.9 Å². The fourth-order valence-electron chi connectivity index (χ4n) is 3.15. The Morgan fingerprint density at radius 3 is 2.84 bits per heavy atom. The third-order valence-corrected chi connectivity index (χ3v) is 4.13. The van der Waals surface area contributed by atoms with Crippen molar-refractivity contribution in [2.75, 3.05) is 19.0 Å². The largest absolute Gasteiger partial charge is 0.492 e. The lowest BCUT2D eigenvalue weighted by atomic mass is 10.1. The van der Waals surface area contributed by atoms with Gasteiger partial charge < -0.3 is 15.2 Å². The molecule has 0 bridgehead atoms. The van der Waals surface area contributed by atoms with Gasteiger partial charge in [0, 0.05) is 5.56 Å². The minimum atomic E-state index is -0.390. The van der Waals surface area contributed by atoms with Gasteiger partial charge in [0.15, 0.2) is 23.6 Å². The summed E-state index contributed by atoms with van der Waals surface area (Å²) in [5.74, 6) is 2.30. The summed E-state index contributed by atoms with van der Waals surface area (Å²) in [5.41, 5.74) is 8.71. The van der Waals surface area contributed by atoms with Crippen molar-refractivity contribution in [3.8, 4) is 11.5 Å². The van der Waals surface area contributed by atoms with Crippen LogP contribution in [0.25, 0.3) is 11.0 Å². The monoisotopic (exact) mass is 337 g/mol. The normalized spacial score (nSPS) is 16.1. The summed E-state index contributed by atoms with van der Waals surface area (Å²) in [6.07, 6.45) is -0.390. The maximum absolute atomic E-state index is 6.00. The Bertz CT molecular complexity index is 963. The van der Waals surface area contributed by atoms with Gasteiger partial charge in [-0.05, 0) is 25.1 Å². The highest BCUT2D eigenvalue weighted by Crippen LogP contribution is 2.40. The van der Waals surface area contributed by atoms with E-state index >= 15 is 0 Å². The molecule has 0 saturated carbocycles. The number of nitrogens with zero attached hydrogens (tertiary/aromatic N) is 3. The van der Waals surface area contributed by atoms with Crippen LogP contribution < -0.4 is 20.5 Å². The standard InChI is InChI=1S/C18H19N5O2/c1-3-25-14-10-6-7-11(15(14)24-2)16-21-17(19)22-18-20-12-8-4-5-9-13(12)23(16)18/h4-10,16H,3H2,1-2H3,(H3,19,20,21,22)/t16-/m0/s1. The van der Waals surface area contributed by atoms with Gasteiger partial charge in [0.05, 0.1) is 24.8 Å². The Kier molecular flexibility index (Phi) is 3.68. The van der Waals surface area contributed by atoms with Gasteiger partial charge in [0.2, 0.25) is 5.95 Å². The summed E-state index contributed by atoms with van der Waals surface area (Å²) in [4.78, 5) is 9.21. The van der Waals surface area contributed by atoms with Crippen LogP contribution in [-0.2, 0) is 0 Å². The molecule has 0 radical (unpaired) electrons. The molecule has 4 rings (SSSR count). The average molecular weight is 337 g/mol. The predicted octanol–water partition coefficient (Wildman–Crippen LogP) is 2.73. The number of para-hydroxylation sites is 3. The van der Waals surface area contributed by atoms with Crippen LogP contribution in [0.4, 0.5) is 5.95 Å². The number of hydrogen-bond donors (Lipinski definition) is 2. The molecule has 25 heavy (non-hydrogen) atoms. The molecule has 0 unspecified atom stereocenters. The molecule has 1 aliphatic heterocycles. The first-order chi connectivity index (χ1) is 12.2. The molecule has 1 aliphatic rings. The van der Waals surface area contributed by atoms with E-state index in [2.05, 4.69) is 15.3 Å². The number of methoxy groups -OCH3 is 1. The third-order valence-electron chi connectivity index (χ3n) is 4.13. The molecule has 0 amide bonds. The van der Waals surface area contributed by atoms with Crippen LogP contribution in [0.5, 0.6) is 11.5 Å². The highest BCUT2D eigenvalue weighted by molar-refractivity contribution is 5.94. The zero-order chi connectivity index (χ0) is 17.4. The van der Waals surface area contributed by atoms with Crippen LogP contribution in [0.2, 0.25) is 0 Å². The number of aliphatic imine (C=N–C) groups is 1. The minimum absolute atomic E-state index is 0.316. The molecule has 1 atom stereocenters. The van der Waals surface area contributed by atoms with Gasteiger partial charge in [0.1, 0.15) is 0 Å². The maximum Gasteiger partial charge on any atom is 0.212 e. The first kappa shape index (κ1) is 15.3. The van der Waals surface area contributed by atoms with Crippen molar-refractivity contribution in [1.29, 1.82) is 0 Å². The second-order valence-corrected chi connectivity index (χ2v) is 5.62. The molecule has 1 aromatic heterocycles. The predicted molar refractivity (Wildman–Crippen MR) is 97.3 cm³/mol. The fraction of sp³-hybridized carbons (Fsp3) is 0.222. The average Bonchev–Trinajstić information content (AvgIpc) is 2.99. The summed E-state index contributed by atoms with van der Waals surface area (Å²) < 4.78 is 13.3. The van der Waals surface area contributed by atoms with Crippen LogP contribution >= 0.6 is 0 Å². The number of aromatic nitrogens is 2. The van der Waals surface area contributed by atoms with Crippen LogP contribution in [0.1, 0.15) is 18.7 Å². The number of rotatable bonds is 4. The lowest BCUT2D eigenvalue weighted by Gasteiger charge is -2.25. The molecular weight excluding hydrogens is 318 g/mol. The number of imidazole rings is 1. The van der Waals surface area contributed by atoms with Crippen molar-refractivity contribution in [3.05, 3.63) is 48.0 Å². The van der Waals surface area contributed by atoms with Crippen molar-refractivity contribution in [3.63, 3.8) is 0 Å². The van der Waals surface area contributed by atoms with Gasteiger partial charge in [-0.15, -0.1) is 0 Å². The number of ether oxygens (including phenoxy) is 2. The maximum atomic E-state index is 6.00. The molecule has 7 nitrogen and oxygen atoms in total. The summed E-state index contributed by atoms with van der Waals surface area (Å²) in [6.45, 7) is 2.49. The van der Waals surface area contributed by atoms with Gasteiger partial charge in [-0.3, -0.25) is 9.88 Å². The Morgan fingerprint density at radius 2 is 2.04 bits per heavy atom. The van der Waals surface area contributed by atoms with Crippen molar-refractivity contribution < 1.29 is 9.47 Å². The molecule has 3 N–H and O–H groups in total. The smallest absolute Gasteiger partial charge is 0.212 e. The molecule has 0 aliphatic carbocycles. The number of anilines is 1. The van der Waals surface area contributed by atoms with E-state index in [0.717, 1.165) is 16.6 Å². The van der Waals surface area contributed by atoms with E-state index in [1.54, 1.807) is 7.11 Å². The van der Waals surface area contributed by atoms with E-state index in [1.165, 1.54) is 0 Å². The molecule has 0 saturated heterocycles. The quantitative estimate of drug-likeness (QED) is 0.764. The molecule has 2 heterocycles. The minimum Gasteiger partial charge on any atom is -0.492 e. The zero-order valence-electron chi connectivity index (χ0n) is 14.1. The summed E-state index contributed by atoms with van der Waals surface area (Å²) in [6, 6.07) is 13.7. The second-order valence-electron chi connectivity index (χ2n) is 5.62. The van der Waals surface area contributed by atoms with Crippen molar-refractivity contribution in [2.45, 2.75) is 13.1 Å². The molecule has 2 aromatic carbocycles. The van der Waals surface area contributed by atoms with E-state index < -0.39 is 0 Å². The topological polar surface area (TPSA) is 86.7 Å². The molecule has 0 fully saturated rings. The lowest BCUT2D eigenvalue weighted by Crippen LogP contribution is -2.31. The Balaban J connectivity index is 1.94. The van der Waals surface area contributed by atoms with Gasteiger partial charge in [-0.1, -0.05) is 24.3 Å². The molecule has 7 heteroatoms. The molecular formula is C18H19N5O2. The van der Waals surface area contributed by atoms with E-state index in [4.69, 9.17) is 15.2 Å². The van der Waals surface area contributed by atoms with Crippen molar-refractivity contribution in [1.82, 2.24) is 9.55 Å². The molecule has 0 spiro atoms. The van der Waals surface area contributed by atoms with E-state index in [1.807, 2.05) is 54.0 Å². The number of benzene rings is 2. The first-order valence-electron chi connectivity index (χ1n) is 8.10. The first-order valence-corrected chi connectivity index (χ1v) is 8.10. The lowest BCUT2D eigenvalue weighted by molar-refractivity contribution is 0.307. The third kappa shape index (κ3) is 2.44. The van der Waals surface area contributed by atoms with Crippen LogP contribution in [0.15, 0.2) is 47.5 Å². The number of guanidine groups is 1. The van der Waals surface area contributed by atoms with Crippen LogP contribution in [0.3, 0.4) is 0 Å². The van der Waals surface area contributed by atoms with Gasteiger partial charge in [-0.2, -0.15) is 0 Å². The zero-order valence-corrected chi connectivity index (χ0v) is 14.1. The van der Waals surface area contributed by atoms with Crippen LogP contribution in [-0.4, -0.2) is 29.2 Å². The van der Waals surface area contributed by atoms with Gasteiger partial charge >= 0.3 is 0 Å². The molecule has 128 valence electrons. The SMILES string of the molecule is CCOc1cccc([C@H]2N=C(N)Nc3nc4ccccc4n32)c1OC. The number of nitrogens with two attached hydrogens (primary N) is 1. The number of nitrogens with one attached hydrogen (secondary N) is 1. The summed E-state index contributed by atoms with van der Waals surface area (Å²) in [5, 5.41) is 3.03. The van der Waals surface area contributed by atoms with Crippen LogP contribution in [0, 0.1) is 0 Å². The highest BCUT2D eigenvalue weighted by Gasteiger charge is 2.28. The Labute approximate surface area is 145 Å². The highest BCUT2D eigenvalue weighted by atomic mass is 16.5. The van der Waals surface area contributed by atoms with E-state index in [0.29, 0.717) is 30.0 Å².